The van der Waals surface area contributed by atoms with Crippen LogP contribution in [0, 0.1) is 6.92 Å². The van der Waals surface area contributed by atoms with Crippen LogP contribution in [0.15, 0.2) is 42.7 Å². The molecule has 0 radical (unpaired) electrons. The Hall–Kier alpha value is -2.14. The van der Waals surface area contributed by atoms with Crippen LogP contribution in [0.5, 0.6) is 0 Å². The van der Waals surface area contributed by atoms with E-state index < -0.39 is 0 Å². The second-order valence-corrected chi connectivity index (χ2v) is 4.80. The predicted octanol–water partition coefficient (Wildman–Crippen LogP) is 2.97. The van der Waals surface area contributed by atoms with Crippen molar-refractivity contribution < 1.29 is 0 Å². The van der Waals surface area contributed by atoms with Gasteiger partial charge >= 0.3 is 0 Å². The quantitative estimate of drug-likeness (QED) is 0.705. The Kier molecular flexibility index (Phi) is 2.82. The second kappa shape index (κ2) is 4.62. The van der Waals surface area contributed by atoms with Crippen molar-refractivity contribution in [1.82, 2.24) is 20.2 Å². The van der Waals surface area contributed by atoms with Crippen LogP contribution in [0.4, 0.5) is 0 Å². The molecule has 0 bridgehead atoms. The summed E-state index contributed by atoms with van der Waals surface area (Å²) >= 11 is 1.52. The minimum atomic E-state index is 0.831. The van der Waals surface area contributed by atoms with Gasteiger partial charge in [-0.3, -0.25) is 9.97 Å². The van der Waals surface area contributed by atoms with Crippen molar-refractivity contribution in [2.75, 3.05) is 0 Å². The van der Waals surface area contributed by atoms with Crippen molar-refractivity contribution in [2.45, 2.75) is 6.92 Å². The molecule has 0 amide bonds. The molecule has 0 atom stereocenters. The van der Waals surface area contributed by atoms with E-state index in [0.29, 0.717) is 0 Å². The predicted molar refractivity (Wildman–Crippen MR) is 71.1 cm³/mol. The molecule has 3 aromatic heterocycles. The van der Waals surface area contributed by atoms with E-state index in [-0.39, 0.29) is 0 Å². The van der Waals surface area contributed by atoms with Gasteiger partial charge in [-0.05, 0) is 31.2 Å². The van der Waals surface area contributed by atoms with Crippen LogP contribution in [0.3, 0.4) is 0 Å². The molecule has 0 saturated carbocycles. The van der Waals surface area contributed by atoms with E-state index in [2.05, 4.69) is 20.2 Å². The summed E-state index contributed by atoms with van der Waals surface area (Å²) in [5.74, 6) is 0. The lowest BCUT2D eigenvalue weighted by molar-refractivity contribution is 1.08. The van der Waals surface area contributed by atoms with Crippen LogP contribution in [0.25, 0.3) is 21.3 Å². The highest BCUT2D eigenvalue weighted by molar-refractivity contribution is 7.17. The number of hydrogen-bond donors (Lipinski definition) is 0. The molecule has 3 aromatic rings. The molecule has 4 nitrogen and oxygen atoms in total. The Morgan fingerprint density at radius 3 is 2.67 bits per heavy atom. The fourth-order valence-corrected chi connectivity index (χ4v) is 2.40. The number of aryl methyl sites for hydroxylation is 1. The lowest BCUT2D eigenvalue weighted by atomic mass is 10.3. The maximum atomic E-state index is 4.44. The molecule has 0 unspecified atom stereocenters. The van der Waals surface area contributed by atoms with Crippen LogP contribution >= 0.6 is 11.3 Å². The van der Waals surface area contributed by atoms with Crippen LogP contribution in [-0.2, 0) is 0 Å². The largest absolute Gasteiger partial charge is 0.264 e. The maximum absolute atomic E-state index is 4.44. The maximum Gasteiger partial charge on any atom is 0.166 e. The third kappa shape index (κ3) is 2.12. The molecule has 5 heteroatoms. The standard InChI is InChI=1S/C13H10N4S/c1-9-4-2-6-11(15-9)13-17-16-12(18-13)10-5-3-7-14-8-10/h2-8H,1H3. The van der Waals surface area contributed by atoms with E-state index in [4.69, 9.17) is 0 Å². The highest BCUT2D eigenvalue weighted by Gasteiger charge is 2.09. The molecule has 0 aromatic carbocycles. The van der Waals surface area contributed by atoms with E-state index >= 15 is 0 Å². The fraction of sp³-hybridized carbons (Fsp3) is 0.0769. The van der Waals surface area contributed by atoms with Gasteiger partial charge in [-0.15, -0.1) is 10.2 Å². The molecular formula is C13H10N4S. The molecule has 18 heavy (non-hydrogen) atoms. The van der Waals surface area contributed by atoms with Gasteiger partial charge in [0.1, 0.15) is 10.7 Å². The van der Waals surface area contributed by atoms with Gasteiger partial charge in [0.2, 0.25) is 0 Å². The molecule has 0 fully saturated rings. The van der Waals surface area contributed by atoms with Crippen molar-refractivity contribution in [2.24, 2.45) is 0 Å². The van der Waals surface area contributed by atoms with Gasteiger partial charge in [-0.1, -0.05) is 17.4 Å². The van der Waals surface area contributed by atoms with E-state index in [1.54, 1.807) is 12.4 Å². The summed E-state index contributed by atoms with van der Waals surface area (Å²) in [6.45, 7) is 1.96. The van der Waals surface area contributed by atoms with Crippen molar-refractivity contribution >= 4 is 11.3 Å². The third-order valence-corrected chi connectivity index (χ3v) is 3.44. The Morgan fingerprint density at radius 2 is 1.89 bits per heavy atom. The van der Waals surface area contributed by atoms with Gasteiger partial charge in [0.15, 0.2) is 5.01 Å². The number of rotatable bonds is 2. The molecule has 3 rings (SSSR count). The van der Waals surface area contributed by atoms with Crippen molar-refractivity contribution in [3.05, 3.63) is 48.4 Å². The van der Waals surface area contributed by atoms with E-state index in [1.165, 1.54) is 11.3 Å². The summed E-state index contributed by atoms with van der Waals surface area (Å²) in [5.41, 5.74) is 2.82. The van der Waals surface area contributed by atoms with Crippen LogP contribution in [-0.4, -0.2) is 20.2 Å². The molecule has 0 aliphatic rings. The van der Waals surface area contributed by atoms with Crippen LogP contribution in [0.2, 0.25) is 0 Å². The summed E-state index contributed by atoms with van der Waals surface area (Å²) in [6, 6.07) is 9.75. The van der Waals surface area contributed by atoms with Crippen LogP contribution < -0.4 is 0 Å². The fourth-order valence-electron chi connectivity index (χ4n) is 1.59. The topological polar surface area (TPSA) is 51.6 Å². The molecule has 0 N–H and O–H groups in total. The van der Waals surface area contributed by atoms with Crippen molar-refractivity contribution in [3.63, 3.8) is 0 Å². The van der Waals surface area contributed by atoms with Gasteiger partial charge < -0.3 is 0 Å². The molecule has 0 saturated heterocycles. The Bertz CT molecular complexity index is 664. The Balaban J connectivity index is 2.00. The monoisotopic (exact) mass is 254 g/mol. The van der Waals surface area contributed by atoms with Gasteiger partial charge in [0, 0.05) is 23.7 Å². The SMILES string of the molecule is Cc1cccc(-c2nnc(-c3cccnc3)s2)n1. The van der Waals surface area contributed by atoms with E-state index in [9.17, 15) is 0 Å². The first-order valence-corrected chi connectivity index (χ1v) is 6.32. The lowest BCUT2D eigenvalue weighted by Crippen LogP contribution is -1.84. The van der Waals surface area contributed by atoms with Gasteiger partial charge in [0.25, 0.3) is 0 Å². The molecule has 0 aliphatic heterocycles. The summed E-state index contributed by atoms with van der Waals surface area (Å²) in [4.78, 5) is 8.52. The van der Waals surface area contributed by atoms with Crippen molar-refractivity contribution in [1.29, 1.82) is 0 Å². The highest BCUT2D eigenvalue weighted by atomic mass is 32.1. The first-order valence-electron chi connectivity index (χ1n) is 5.51. The second-order valence-electron chi connectivity index (χ2n) is 3.82. The minimum absolute atomic E-state index is 0.831. The summed E-state index contributed by atoms with van der Waals surface area (Å²) in [7, 11) is 0. The molecule has 3 heterocycles. The third-order valence-electron chi connectivity index (χ3n) is 2.44. The lowest BCUT2D eigenvalue weighted by Gasteiger charge is -1.95. The zero-order valence-corrected chi connectivity index (χ0v) is 10.6. The van der Waals surface area contributed by atoms with Gasteiger partial charge in [-0.2, -0.15) is 0 Å². The Morgan fingerprint density at radius 1 is 1.00 bits per heavy atom. The first kappa shape index (κ1) is 11.0. The molecule has 0 spiro atoms. The number of hydrogen-bond acceptors (Lipinski definition) is 5. The smallest absolute Gasteiger partial charge is 0.166 e. The minimum Gasteiger partial charge on any atom is -0.264 e. The summed E-state index contributed by atoms with van der Waals surface area (Å²) in [5, 5.41) is 10.1. The Labute approximate surface area is 108 Å². The molecule has 88 valence electrons. The van der Waals surface area contributed by atoms with Crippen LogP contribution in [0.1, 0.15) is 5.69 Å². The molecule has 0 aliphatic carbocycles. The first-order chi connectivity index (χ1) is 8.83. The van der Waals surface area contributed by atoms with E-state index in [1.807, 2.05) is 37.3 Å². The normalized spacial score (nSPS) is 10.5. The molecular weight excluding hydrogens is 244 g/mol. The van der Waals surface area contributed by atoms with Crippen molar-refractivity contribution in [3.8, 4) is 21.3 Å². The number of pyridine rings is 2. The van der Waals surface area contributed by atoms with Gasteiger partial charge in [0.05, 0.1) is 0 Å². The zero-order chi connectivity index (χ0) is 12.4. The zero-order valence-electron chi connectivity index (χ0n) is 9.74. The average molecular weight is 254 g/mol. The van der Waals surface area contributed by atoms with Gasteiger partial charge in [-0.25, -0.2) is 0 Å². The average Bonchev–Trinajstić information content (AvgIpc) is 2.89. The number of nitrogens with zero attached hydrogens (tertiary/aromatic N) is 4. The highest BCUT2D eigenvalue weighted by Crippen LogP contribution is 2.28. The summed E-state index contributed by atoms with van der Waals surface area (Å²) < 4.78 is 0. The van der Waals surface area contributed by atoms with E-state index in [0.717, 1.165) is 27.0 Å². The number of aromatic nitrogens is 4. The summed E-state index contributed by atoms with van der Waals surface area (Å²) in [6.07, 6.45) is 3.53.